The first-order valence-electron chi connectivity index (χ1n) is 11.6. The van der Waals surface area contributed by atoms with Gasteiger partial charge in [-0.05, 0) is 48.6 Å². The maximum Gasteiger partial charge on any atom is 0.254 e. The Morgan fingerprint density at radius 2 is 1.80 bits per heavy atom. The second kappa shape index (κ2) is 11.0. The lowest BCUT2D eigenvalue weighted by Crippen LogP contribution is -2.33. The van der Waals surface area contributed by atoms with Crippen molar-refractivity contribution in [2.45, 2.75) is 36.8 Å². The van der Waals surface area contributed by atoms with Crippen LogP contribution in [0.4, 0.5) is 0 Å². The zero-order chi connectivity index (χ0) is 24.8. The van der Waals surface area contributed by atoms with Gasteiger partial charge in [0.05, 0.1) is 37.9 Å². The number of ether oxygens (including phenoxy) is 2. The summed E-state index contributed by atoms with van der Waals surface area (Å²) in [5, 5.41) is -0.00308. The van der Waals surface area contributed by atoms with E-state index < -0.39 is 9.84 Å². The Morgan fingerprint density at radius 1 is 1.09 bits per heavy atom. The molecule has 186 valence electrons. The molecule has 0 spiro atoms. The molecule has 8 nitrogen and oxygen atoms in total. The van der Waals surface area contributed by atoms with Crippen LogP contribution >= 0.6 is 0 Å². The van der Waals surface area contributed by atoms with Gasteiger partial charge in [-0.2, -0.15) is 0 Å². The lowest BCUT2D eigenvalue weighted by atomic mass is 10.1. The molecule has 4 rings (SSSR count). The van der Waals surface area contributed by atoms with Gasteiger partial charge in [-0.15, -0.1) is 0 Å². The van der Waals surface area contributed by atoms with E-state index in [2.05, 4.69) is 4.98 Å². The number of nitrogens with zero attached hydrogens (tertiary/aromatic N) is 3. The highest BCUT2D eigenvalue weighted by Crippen LogP contribution is 2.31. The molecule has 0 atom stereocenters. The summed E-state index contributed by atoms with van der Waals surface area (Å²) in [6.45, 7) is 1.53. The number of benzene rings is 2. The first-order chi connectivity index (χ1) is 16.9. The van der Waals surface area contributed by atoms with E-state index in [1.807, 2.05) is 18.2 Å². The van der Waals surface area contributed by atoms with Crippen molar-refractivity contribution in [2.75, 3.05) is 27.4 Å². The van der Waals surface area contributed by atoms with E-state index in [9.17, 15) is 13.2 Å². The second-order valence-corrected chi connectivity index (χ2v) is 10.7. The third kappa shape index (κ3) is 6.29. The zero-order valence-corrected chi connectivity index (χ0v) is 20.9. The average Bonchev–Trinajstić information content (AvgIpc) is 3.59. The van der Waals surface area contributed by atoms with E-state index in [1.54, 1.807) is 66.3 Å². The van der Waals surface area contributed by atoms with Crippen molar-refractivity contribution in [1.29, 1.82) is 0 Å². The van der Waals surface area contributed by atoms with Crippen LogP contribution in [0.25, 0.3) is 0 Å². The molecule has 1 aliphatic rings. The fourth-order valence-electron chi connectivity index (χ4n) is 3.99. The van der Waals surface area contributed by atoms with Crippen molar-refractivity contribution in [1.82, 2.24) is 14.5 Å². The van der Waals surface area contributed by atoms with Crippen molar-refractivity contribution in [3.8, 4) is 5.75 Å². The molecule has 1 aromatic heterocycles. The Balaban J connectivity index is 1.62. The maximum absolute atomic E-state index is 13.4. The van der Waals surface area contributed by atoms with Gasteiger partial charge in [0.15, 0.2) is 0 Å². The summed E-state index contributed by atoms with van der Waals surface area (Å²) in [7, 11) is -0.546. The lowest BCUT2D eigenvalue weighted by Gasteiger charge is -2.24. The molecular formula is C26H31N3O5S. The molecule has 2 aromatic carbocycles. The van der Waals surface area contributed by atoms with Crippen LogP contribution in [0.1, 0.15) is 34.5 Å². The predicted octanol–water partition coefficient (Wildman–Crippen LogP) is 3.56. The molecule has 0 saturated heterocycles. The smallest absolute Gasteiger partial charge is 0.254 e. The Bertz CT molecular complexity index is 1240. The molecule has 0 unspecified atom stereocenters. The first kappa shape index (κ1) is 24.9. The predicted molar refractivity (Wildman–Crippen MR) is 132 cm³/mol. The lowest BCUT2D eigenvalue weighted by molar-refractivity contribution is 0.0729. The first-order valence-corrected chi connectivity index (χ1v) is 13.3. The number of sulfone groups is 1. The summed E-state index contributed by atoms with van der Waals surface area (Å²) in [6, 6.07) is 16.1. The van der Waals surface area contributed by atoms with E-state index in [1.165, 1.54) is 0 Å². The van der Waals surface area contributed by atoms with Gasteiger partial charge in [0.2, 0.25) is 15.0 Å². The minimum atomic E-state index is -3.70. The Kier molecular flexibility index (Phi) is 7.87. The summed E-state index contributed by atoms with van der Waals surface area (Å²) in [5.41, 5.74) is 1.92. The minimum Gasteiger partial charge on any atom is -0.497 e. The quantitative estimate of drug-likeness (QED) is 0.380. The third-order valence-electron chi connectivity index (χ3n) is 6.05. The van der Waals surface area contributed by atoms with Gasteiger partial charge in [0.25, 0.3) is 5.91 Å². The molecule has 1 fully saturated rings. The summed E-state index contributed by atoms with van der Waals surface area (Å²) >= 11 is 0. The van der Waals surface area contributed by atoms with Gasteiger partial charge in [-0.25, -0.2) is 13.4 Å². The van der Waals surface area contributed by atoms with E-state index >= 15 is 0 Å². The van der Waals surface area contributed by atoms with E-state index in [4.69, 9.17) is 9.47 Å². The van der Waals surface area contributed by atoms with Crippen LogP contribution in [0, 0.1) is 5.92 Å². The molecule has 35 heavy (non-hydrogen) atoms. The zero-order valence-electron chi connectivity index (χ0n) is 20.1. The van der Waals surface area contributed by atoms with Crippen LogP contribution in [0.15, 0.2) is 66.0 Å². The van der Waals surface area contributed by atoms with Gasteiger partial charge in [-0.3, -0.25) is 4.79 Å². The molecular weight excluding hydrogens is 466 g/mol. The number of aromatic nitrogens is 2. The average molecular weight is 498 g/mol. The van der Waals surface area contributed by atoms with Crippen molar-refractivity contribution >= 4 is 15.7 Å². The number of carbonyl (C=O) groups excluding carboxylic acids is 1. The molecule has 1 amide bonds. The number of methoxy groups -OCH3 is 2. The van der Waals surface area contributed by atoms with Gasteiger partial charge in [0.1, 0.15) is 5.75 Å². The Labute approximate surface area is 206 Å². The number of carbonyl (C=O) groups is 1. The van der Waals surface area contributed by atoms with Gasteiger partial charge >= 0.3 is 0 Å². The van der Waals surface area contributed by atoms with Crippen molar-refractivity contribution in [3.05, 3.63) is 77.6 Å². The standard InChI is InChI=1S/C26H31N3O5S/c1-33-15-14-29-23(16-27-26(29)35(31,32)19-21-6-4-3-5-7-21)18-28(17-20-8-9-20)25(30)22-10-12-24(34-2)13-11-22/h3-7,10-13,16,20H,8-9,14-15,17-19H2,1-2H3. The molecule has 0 radical (unpaired) electrons. The number of amides is 1. The fourth-order valence-corrected chi connectivity index (χ4v) is 5.51. The van der Waals surface area contributed by atoms with Gasteiger partial charge < -0.3 is 18.9 Å². The highest BCUT2D eigenvalue weighted by atomic mass is 32.2. The third-order valence-corrected chi connectivity index (χ3v) is 7.65. The number of hydrogen-bond donors (Lipinski definition) is 0. The highest BCUT2D eigenvalue weighted by molar-refractivity contribution is 7.90. The number of hydrogen-bond acceptors (Lipinski definition) is 6. The van der Waals surface area contributed by atoms with Crippen LogP contribution in [-0.2, 0) is 33.4 Å². The molecule has 1 aliphatic carbocycles. The molecule has 9 heteroatoms. The maximum atomic E-state index is 13.4. The molecule has 1 saturated carbocycles. The second-order valence-electron chi connectivity index (χ2n) is 8.78. The SMILES string of the molecule is COCCn1c(CN(CC2CC2)C(=O)c2ccc(OC)cc2)cnc1S(=O)(=O)Cc1ccccc1. The molecule has 3 aromatic rings. The van der Waals surface area contributed by atoms with Crippen LogP contribution in [0.2, 0.25) is 0 Å². The van der Waals surface area contributed by atoms with Crippen LogP contribution in [0.5, 0.6) is 5.75 Å². The summed E-state index contributed by atoms with van der Waals surface area (Å²) < 4.78 is 38.7. The number of rotatable bonds is 12. The molecule has 0 bridgehead atoms. The largest absolute Gasteiger partial charge is 0.497 e. The topological polar surface area (TPSA) is 90.7 Å². The summed E-state index contributed by atoms with van der Waals surface area (Å²) in [4.78, 5) is 19.5. The molecule has 0 N–H and O–H groups in total. The number of imidazole rings is 1. The fraction of sp³-hybridized carbons (Fsp3) is 0.385. The van der Waals surface area contributed by atoms with Crippen LogP contribution < -0.4 is 4.74 Å². The molecule has 0 aliphatic heterocycles. The van der Waals surface area contributed by atoms with Gasteiger partial charge in [-0.1, -0.05) is 30.3 Å². The van der Waals surface area contributed by atoms with Crippen molar-refractivity contribution < 1.29 is 22.7 Å². The summed E-state index contributed by atoms with van der Waals surface area (Å²) in [5.74, 6) is 0.899. The van der Waals surface area contributed by atoms with E-state index in [0.717, 1.165) is 12.8 Å². The van der Waals surface area contributed by atoms with Gasteiger partial charge in [0, 0.05) is 25.8 Å². The monoisotopic (exact) mass is 497 g/mol. The van der Waals surface area contributed by atoms with E-state index in [0.29, 0.717) is 48.2 Å². The Morgan fingerprint density at radius 3 is 2.43 bits per heavy atom. The van der Waals surface area contributed by atoms with Crippen molar-refractivity contribution in [3.63, 3.8) is 0 Å². The summed E-state index contributed by atoms with van der Waals surface area (Å²) in [6.07, 6.45) is 3.74. The van der Waals surface area contributed by atoms with Crippen molar-refractivity contribution in [2.24, 2.45) is 5.92 Å². The molecule has 1 heterocycles. The normalized spacial score (nSPS) is 13.5. The minimum absolute atomic E-state index is 0.00308. The highest BCUT2D eigenvalue weighted by Gasteiger charge is 2.30. The Hall–Kier alpha value is -3.17. The van der Waals surface area contributed by atoms with E-state index in [-0.39, 0.29) is 23.4 Å². The van der Waals surface area contributed by atoms with Crippen LogP contribution in [0.3, 0.4) is 0 Å². The van der Waals surface area contributed by atoms with Crippen LogP contribution in [-0.4, -0.2) is 56.1 Å².